The van der Waals surface area contributed by atoms with Gasteiger partial charge in [-0.25, -0.2) is 4.98 Å². The largest absolute Gasteiger partial charge is 0.409 e. The van der Waals surface area contributed by atoms with Crippen molar-refractivity contribution in [2.45, 2.75) is 25.8 Å². The topological polar surface area (TPSA) is 101 Å². The Labute approximate surface area is 97.2 Å². The van der Waals surface area contributed by atoms with E-state index < -0.39 is 0 Å². The summed E-state index contributed by atoms with van der Waals surface area (Å²) in [6.07, 6.45) is 1.02. The summed E-state index contributed by atoms with van der Waals surface area (Å²) in [5.74, 6) is -0.135. The lowest BCUT2D eigenvalue weighted by molar-refractivity contribution is 0.0932. The van der Waals surface area contributed by atoms with Crippen LogP contribution in [0.15, 0.2) is 16.0 Å². The molecule has 0 radical (unpaired) electrons. The predicted molar refractivity (Wildman–Crippen MR) is 61.7 cm³/mol. The quantitative estimate of drug-likeness (QED) is 0.307. The number of oxime groups is 1. The van der Waals surface area contributed by atoms with Crippen LogP contribution in [0.4, 0.5) is 0 Å². The lowest BCUT2D eigenvalue weighted by atomic mass is 10.1. The van der Waals surface area contributed by atoms with Crippen molar-refractivity contribution in [1.82, 2.24) is 10.3 Å². The zero-order valence-electron chi connectivity index (χ0n) is 8.88. The molecule has 1 unspecified atom stereocenters. The Morgan fingerprint density at radius 2 is 2.56 bits per heavy atom. The van der Waals surface area contributed by atoms with Gasteiger partial charge in [0.15, 0.2) is 0 Å². The van der Waals surface area contributed by atoms with Crippen LogP contribution in [0.3, 0.4) is 0 Å². The molecule has 0 spiro atoms. The number of aromatic nitrogens is 1. The normalized spacial score (nSPS) is 13.4. The SMILES string of the molecule is CCC(CC(N)=NO)NC(=O)c1cscn1. The number of nitrogens with two attached hydrogens (primary N) is 1. The molecule has 16 heavy (non-hydrogen) atoms. The van der Waals surface area contributed by atoms with E-state index in [-0.39, 0.29) is 17.8 Å². The summed E-state index contributed by atoms with van der Waals surface area (Å²) in [6.45, 7) is 1.91. The number of thiazole rings is 1. The molecule has 1 aromatic rings. The summed E-state index contributed by atoms with van der Waals surface area (Å²) >= 11 is 1.36. The molecule has 88 valence electrons. The van der Waals surface area contributed by atoms with E-state index in [9.17, 15) is 4.79 Å². The number of nitrogens with one attached hydrogen (secondary N) is 1. The van der Waals surface area contributed by atoms with Crippen LogP contribution in [-0.4, -0.2) is 28.0 Å². The molecule has 0 aliphatic rings. The molecule has 7 heteroatoms. The molecule has 0 saturated carbocycles. The molecule has 0 saturated heterocycles. The fourth-order valence-corrected chi connectivity index (χ4v) is 1.71. The van der Waals surface area contributed by atoms with Crippen LogP contribution in [0.5, 0.6) is 0 Å². The fourth-order valence-electron chi connectivity index (χ4n) is 1.17. The van der Waals surface area contributed by atoms with E-state index in [4.69, 9.17) is 10.9 Å². The van der Waals surface area contributed by atoms with Crippen LogP contribution < -0.4 is 11.1 Å². The van der Waals surface area contributed by atoms with E-state index in [1.54, 1.807) is 10.9 Å². The molecular formula is C9H14N4O2S. The summed E-state index contributed by atoms with van der Waals surface area (Å²) in [5, 5.41) is 15.8. The smallest absolute Gasteiger partial charge is 0.270 e. The summed E-state index contributed by atoms with van der Waals surface area (Å²) in [6, 6.07) is -0.148. The molecular weight excluding hydrogens is 228 g/mol. The molecule has 1 heterocycles. The van der Waals surface area contributed by atoms with Gasteiger partial charge in [-0.15, -0.1) is 11.3 Å². The first-order chi connectivity index (χ1) is 7.67. The zero-order valence-corrected chi connectivity index (χ0v) is 9.70. The minimum Gasteiger partial charge on any atom is -0.409 e. The van der Waals surface area contributed by atoms with Crippen molar-refractivity contribution in [2.75, 3.05) is 0 Å². The van der Waals surface area contributed by atoms with E-state index in [0.29, 0.717) is 18.5 Å². The summed E-state index contributed by atoms with van der Waals surface area (Å²) in [5.41, 5.74) is 7.37. The minimum atomic E-state index is -0.237. The summed E-state index contributed by atoms with van der Waals surface area (Å²) < 4.78 is 0. The van der Waals surface area contributed by atoms with Crippen LogP contribution in [-0.2, 0) is 0 Å². The number of amides is 1. The van der Waals surface area contributed by atoms with Gasteiger partial charge in [-0.2, -0.15) is 0 Å². The number of amidine groups is 1. The monoisotopic (exact) mass is 242 g/mol. The third-order valence-corrected chi connectivity index (χ3v) is 2.66. The number of rotatable bonds is 5. The van der Waals surface area contributed by atoms with Crippen molar-refractivity contribution >= 4 is 23.1 Å². The standard InChI is InChI=1S/C9H14N4O2S/c1-2-6(3-8(10)13-15)12-9(14)7-4-16-5-11-7/h4-6,15H,2-3H2,1H3,(H2,10,13)(H,12,14). The Morgan fingerprint density at radius 3 is 3.06 bits per heavy atom. The number of hydrogen-bond donors (Lipinski definition) is 3. The molecule has 0 aliphatic carbocycles. The Bertz CT molecular complexity index is 364. The molecule has 1 aromatic heterocycles. The zero-order chi connectivity index (χ0) is 12.0. The van der Waals surface area contributed by atoms with Gasteiger partial charge in [-0.3, -0.25) is 4.79 Å². The van der Waals surface area contributed by atoms with Crippen LogP contribution in [0, 0.1) is 0 Å². The van der Waals surface area contributed by atoms with Gasteiger partial charge < -0.3 is 16.3 Å². The lowest BCUT2D eigenvalue weighted by Gasteiger charge is -2.15. The average Bonchev–Trinajstić information content (AvgIpc) is 2.81. The number of carbonyl (C=O) groups excluding carboxylic acids is 1. The second-order valence-electron chi connectivity index (χ2n) is 3.25. The molecule has 0 fully saturated rings. The van der Waals surface area contributed by atoms with Crippen molar-refractivity contribution in [1.29, 1.82) is 0 Å². The first kappa shape index (κ1) is 12.4. The van der Waals surface area contributed by atoms with E-state index in [1.165, 1.54) is 11.3 Å². The third-order valence-electron chi connectivity index (χ3n) is 2.08. The molecule has 4 N–H and O–H groups in total. The van der Waals surface area contributed by atoms with E-state index in [0.717, 1.165) is 0 Å². The Morgan fingerprint density at radius 1 is 1.81 bits per heavy atom. The highest BCUT2D eigenvalue weighted by atomic mass is 32.1. The maximum absolute atomic E-state index is 11.6. The van der Waals surface area contributed by atoms with Gasteiger partial charge in [0.05, 0.1) is 5.51 Å². The number of carbonyl (C=O) groups is 1. The van der Waals surface area contributed by atoms with Crippen molar-refractivity contribution in [3.63, 3.8) is 0 Å². The fraction of sp³-hybridized carbons (Fsp3) is 0.444. The highest BCUT2D eigenvalue weighted by Crippen LogP contribution is 2.03. The van der Waals surface area contributed by atoms with Crippen LogP contribution in [0.25, 0.3) is 0 Å². The van der Waals surface area contributed by atoms with Gasteiger partial charge in [0.1, 0.15) is 11.5 Å². The summed E-state index contributed by atoms with van der Waals surface area (Å²) in [4.78, 5) is 15.5. The Kier molecular flexibility index (Phi) is 4.71. The van der Waals surface area contributed by atoms with E-state index in [1.807, 2.05) is 6.92 Å². The molecule has 0 aliphatic heterocycles. The molecule has 1 atom stereocenters. The maximum Gasteiger partial charge on any atom is 0.270 e. The van der Waals surface area contributed by atoms with Gasteiger partial charge in [-0.1, -0.05) is 12.1 Å². The van der Waals surface area contributed by atoms with Crippen molar-refractivity contribution < 1.29 is 10.0 Å². The predicted octanol–water partition coefficient (Wildman–Crippen LogP) is 0.788. The second kappa shape index (κ2) is 6.06. The molecule has 6 nitrogen and oxygen atoms in total. The van der Waals surface area contributed by atoms with Crippen molar-refractivity contribution in [3.8, 4) is 0 Å². The Balaban J connectivity index is 2.54. The van der Waals surface area contributed by atoms with Gasteiger partial charge in [0, 0.05) is 17.8 Å². The Hall–Kier alpha value is -1.63. The molecule has 1 amide bonds. The van der Waals surface area contributed by atoms with Gasteiger partial charge in [0.2, 0.25) is 0 Å². The highest BCUT2D eigenvalue weighted by molar-refractivity contribution is 7.07. The third kappa shape index (κ3) is 3.50. The first-order valence-corrected chi connectivity index (χ1v) is 5.77. The highest BCUT2D eigenvalue weighted by Gasteiger charge is 2.14. The molecule has 0 aromatic carbocycles. The second-order valence-corrected chi connectivity index (χ2v) is 3.97. The van der Waals surface area contributed by atoms with Crippen LogP contribution in [0.1, 0.15) is 30.3 Å². The molecule has 1 rings (SSSR count). The van der Waals surface area contributed by atoms with E-state index >= 15 is 0 Å². The number of nitrogens with zero attached hydrogens (tertiary/aromatic N) is 2. The summed E-state index contributed by atoms with van der Waals surface area (Å²) in [7, 11) is 0. The first-order valence-electron chi connectivity index (χ1n) is 4.82. The van der Waals surface area contributed by atoms with Crippen LogP contribution >= 0.6 is 11.3 Å². The van der Waals surface area contributed by atoms with Gasteiger partial charge in [-0.05, 0) is 6.42 Å². The van der Waals surface area contributed by atoms with E-state index in [2.05, 4.69) is 15.5 Å². The average molecular weight is 242 g/mol. The van der Waals surface area contributed by atoms with Gasteiger partial charge >= 0.3 is 0 Å². The van der Waals surface area contributed by atoms with Crippen molar-refractivity contribution in [3.05, 3.63) is 16.6 Å². The number of hydrogen-bond acceptors (Lipinski definition) is 5. The van der Waals surface area contributed by atoms with Crippen molar-refractivity contribution in [2.24, 2.45) is 10.9 Å². The maximum atomic E-state index is 11.6. The van der Waals surface area contributed by atoms with Gasteiger partial charge in [0.25, 0.3) is 5.91 Å². The van der Waals surface area contributed by atoms with Crippen LogP contribution in [0.2, 0.25) is 0 Å². The molecule has 0 bridgehead atoms. The lowest BCUT2D eigenvalue weighted by Crippen LogP contribution is -2.37. The minimum absolute atomic E-state index is 0.102.